The van der Waals surface area contributed by atoms with Crippen LogP contribution in [-0.4, -0.2) is 15.7 Å². The zero-order valence-electron chi connectivity index (χ0n) is 15.2. The van der Waals surface area contributed by atoms with Crippen LogP contribution in [0.3, 0.4) is 0 Å². The highest BCUT2D eigenvalue weighted by Gasteiger charge is 2.39. The van der Waals surface area contributed by atoms with Crippen LogP contribution in [0.25, 0.3) is 11.8 Å². The second-order valence-electron chi connectivity index (χ2n) is 6.12. The predicted molar refractivity (Wildman–Crippen MR) is 94.7 cm³/mol. The lowest BCUT2D eigenvalue weighted by molar-refractivity contribution is -0.143. The van der Waals surface area contributed by atoms with E-state index >= 15 is 0 Å². The van der Waals surface area contributed by atoms with E-state index in [1.54, 1.807) is 12.1 Å². The van der Waals surface area contributed by atoms with Crippen molar-refractivity contribution in [3.8, 4) is 5.69 Å². The van der Waals surface area contributed by atoms with Gasteiger partial charge in [-0.2, -0.15) is 31.4 Å². The highest BCUT2D eigenvalue weighted by Crippen LogP contribution is 2.39. The van der Waals surface area contributed by atoms with Crippen molar-refractivity contribution in [2.75, 3.05) is 5.32 Å². The summed E-state index contributed by atoms with van der Waals surface area (Å²) in [7, 11) is 0. The second kappa shape index (κ2) is 7.73. The van der Waals surface area contributed by atoms with E-state index in [9.17, 15) is 31.1 Å². The van der Waals surface area contributed by atoms with Gasteiger partial charge in [-0.25, -0.2) is 4.68 Å². The number of alkyl halides is 6. The molecule has 0 fully saturated rings. The quantitative estimate of drug-likeness (QED) is 0.442. The third-order valence-corrected chi connectivity index (χ3v) is 4.07. The Balaban J connectivity index is 1.92. The minimum Gasteiger partial charge on any atom is -0.465 e. The Morgan fingerprint density at radius 1 is 1.13 bits per heavy atom. The van der Waals surface area contributed by atoms with Crippen LogP contribution in [0.15, 0.2) is 53.3 Å². The van der Waals surface area contributed by atoms with Gasteiger partial charge in [0, 0.05) is 6.08 Å². The molecule has 0 saturated heterocycles. The fraction of sp³-hybridized carbons (Fsp3) is 0.158. The molecule has 0 aliphatic rings. The average molecular weight is 429 g/mol. The zero-order valence-corrected chi connectivity index (χ0v) is 15.2. The summed E-state index contributed by atoms with van der Waals surface area (Å²) in [6.07, 6.45) is -4.94. The number of furan rings is 1. The van der Waals surface area contributed by atoms with Crippen molar-refractivity contribution in [2.24, 2.45) is 0 Å². The minimum atomic E-state index is -5.05. The van der Waals surface area contributed by atoms with Crippen LogP contribution in [0.5, 0.6) is 0 Å². The van der Waals surface area contributed by atoms with E-state index in [0.717, 1.165) is 17.0 Å². The van der Waals surface area contributed by atoms with Gasteiger partial charge in [0.05, 0.1) is 40.7 Å². The van der Waals surface area contributed by atoms with Gasteiger partial charge in [-0.15, -0.1) is 0 Å². The largest absolute Gasteiger partial charge is 0.465 e. The number of carbonyl (C=O) groups is 1. The summed E-state index contributed by atoms with van der Waals surface area (Å²) in [6, 6.07) is 4.48. The van der Waals surface area contributed by atoms with Crippen molar-refractivity contribution in [1.29, 1.82) is 0 Å². The number of nitrogens with one attached hydrogen (secondary N) is 1. The zero-order chi connectivity index (χ0) is 22.1. The van der Waals surface area contributed by atoms with E-state index in [2.05, 4.69) is 10.4 Å². The molecule has 1 N–H and O–H groups in total. The molecule has 0 aliphatic carbocycles. The van der Waals surface area contributed by atoms with Gasteiger partial charge in [-0.3, -0.25) is 4.79 Å². The standard InChI is InChI=1S/C19H13F6N3O2/c1-11-15(27-17(29)7-5-13-3-2-8-30-13)10-26-28(11)16-6-4-12(18(20,21)22)9-14(16)19(23,24)25/h2-10H,1H3,(H,27,29)/b7-5-. The van der Waals surface area contributed by atoms with Crippen molar-refractivity contribution < 1.29 is 35.6 Å². The third kappa shape index (κ3) is 4.56. The topological polar surface area (TPSA) is 60.1 Å². The van der Waals surface area contributed by atoms with Gasteiger partial charge in [0.15, 0.2) is 0 Å². The van der Waals surface area contributed by atoms with Gasteiger partial charge in [-0.05, 0) is 43.3 Å². The van der Waals surface area contributed by atoms with E-state index < -0.39 is 35.1 Å². The molecule has 1 aromatic carbocycles. The SMILES string of the molecule is Cc1c(NC(=O)/C=C\c2ccco2)cnn1-c1ccc(C(F)(F)F)cc1C(F)(F)F. The summed E-state index contributed by atoms with van der Waals surface area (Å²) in [5.41, 5.74) is -3.34. The first-order chi connectivity index (χ1) is 14.0. The molecule has 5 nitrogen and oxygen atoms in total. The number of aromatic nitrogens is 2. The number of rotatable bonds is 4. The molecule has 0 saturated carbocycles. The van der Waals surface area contributed by atoms with Gasteiger partial charge < -0.3 is 9.73 Å². The number of hydrogen-bond donors (Lipinski definition) is 1. The average Bonchev–Trinajstić information content (AvgIpc) is 3.29. The lowest BCUT2D eigenvalue weighted by Gasteiger charge is -2.17. The molecule has 0 spiro atoms. The lowest BCUT2D eigenvalue weighted by atomic mass is 10.1. The molecule has 2 heterocycles. The predicted octanol–water partition coefficient (Wildman–Crippen LogP) is 5.46. The Labute approximate surface area is 165 Å². The van der Waals surface area contributed by atoms with Gasteiger partial charge in [-0.1, -0.05) is 0 Å². The van der Waals surface area contributed by atoms with Gasteiger partial charge >= 0.3 is 12.4 Å². The number of carbonyl (C=O) groups excluding carboxylic acids is 1. The molecule has 11 heteroatoms. The van der Waals surface area contributed by atoms with Crippen LogP contribution in [0.4, 0.5) is 32.0 Å². The highest BCUT2D eigenvalue weighted by molar-refractivity contribution is 6.02. The van der Waals surface area contributed by atoms with Crippen molar-refractivity contribution in [3.63, 3.8) is 0 Å². The van der Waals surface area contributed by atoms with Gasteiger partial charge in [0.1, 0.15) is 5.76 Å². The number of hydrogen-bond acceptors (Lipinski definition) is 3. The van der Waals surface area contributed by atoms with Crippen molar-refractivity contribution in [1.82, 2.24) is 9.78 Å². The third-order valence-electron chi connectivity index (χ3n) is 4.07. The first-order valence-electron chi connectivity index (χ1n) is 8.33. The van der Waals surface area contributed by atoms with E-state index in [-0.39, 0.29) is 17.4 Å². The summed E-state index contributed by atoms with van der Waals surface area (Å²) < 4.78 is 84.5. The number of amides is 1. The summed E-state index contributed by atoms with van der Waals surface area (Å²) >= 11 is 0. The molecule has 0 radical (unpaired) electrons. The molecule has 0 unspecified atom stereocenters. The lowest BCUT2D eigenvalue weighted by Crippen LogP contribution is -2.15. The van der Waals surface area contributed by atoms with E-state index in [0.29, 0.717) is 17.9 Å². The summed E-state index contributed by atoms with van der Waals surface area (Å²) in [4.78, 5) is 12.0. The number of halogens is 6. The van der Waals surface area contributed by atoms with Crippen LogP contribution in [0, 0.1) is 6.92 Å². The van der Waals surface area contributed by atoms with Gasteiger partial charge in [0.25, 0.3) is 0 Å². The Morgan fingerprint density at radius 2 is 1.87 bits per heavy atom. The fourth-order valence-corrected chi connectivity index (χ4v) is 2.62. The van der Waals surface area contributed by atoms with Crippen LogP contribution >= 0.6 is 0 Å². The molecule has 0 bridgehead atoms. The van der Waals surface area contributed by atoms with Crippen LogP contribution < -0.4 is 5.32 Å². The van der Waals surface area contributed by atoms with Crippen molar-refractivity contribution in [3.05, 3.63) is 71.4 Å². The van der Waals surface area contributed by atoms with E-state index in [1.165, 1.54) is 19.3 Å². The Kier molecular flexibility index (Phi) is 5.47. The Bertz CT molecular complexity index is 1080. The van der Waals surface area contributed by atoms with Crippen LogP contribution in [0.2, 0.25) is 0 Å². The molecule has 30 heavy (non-hydrogen) atoms. The summed E-state index contributed by atoms with van der Waals surface area (Å²) in [6.45, 7) is 1.37. The highest BCUT2D eigenvalue weighted by atomic mass is 19.4. The number of nitrogens with zero attached hydrogens (tertiary/aromatic N) is 2. The molecular weight excluding hydrogens is 416 g/mol. The number of benzene rings is 1. The van der Waals surface area contributed by atoms with Crippen LogP contribution in [0.1, 0.15) is 22.6 Å². The minimum absolute atomic E-state index is 0.0286. The maximum absolute atomic E-state index is 13.4. The summed E-state index contributed by atoms with van der Waals surface area (Å²) in [5.74, 6) is -0.186. The van der Waals surface area contributed by atoms with Crippen LogP contribution in [-0.2, 0) is 17.1 Å². The smallest absolute Gasteiger partial charge is 0.418 e. The van der Waals surface area contributed by atoms with Crippen molar-refractivity contribution in [2.45, 2.75) is 19.3 Å². The van der Waals surface area contributed by atoms with Gasteiger partial charge in [0.2, 0.25) is 5.91 Å². The molecular formula is C19H13F6N3O2. The maximum Gasteiger partial charge on any atom is 0.418 e. The first kappa shape index (κ1) is 21.2. The Morgan fingerprint density at radius 3 is 2.47 bits per heavy atom. The Hall–Kier alpha value is -3.50. The first-order valence-corrected chi connectivity index (χ1v) is 8.33. The second-order valence-corrected chi connectivity index (χ2v) is 6.12. The molecule has 1 amide bonds. The summed E-state index contributed by atoms with van der Waals surface area (Å²) in [5, 5.41) is 6.24. The molecule has 0 aliphatic heterocycles. The molecule has 3 aromatic rings. The van der Waals surface area contributed by atoms with E-state index in [4.69, 9.17) is 4.42 Å². The van der Waals surface area contributed by atoms with E-state index in [1.807, 2.05) is 0 Å². The molecule has 158 valence electrons. The molecule has 2 aromatic heterocycles. The van der Waals surface area contributed by atoms with Crippen molar-refractivity contribution >= 4 is 17.7 Å². The number of anilines is 1. The fourth-order valence-electron chi connectivity index (χ4n) is 2.62. The monoisotopic (exact) mass is 429 g/mol. The molecule has 0 atom stereocenters. The molecule has 3 rings (SSSR count). The normalized spacial score (nSPS) is 12.5. The maximum atomic E-state index is 13.4.